The number of rotatable bonds is 3. The van der Waals surface area contributed by atoms with Crippen molar-refractivity contribution in [2.75, 3.05) is 0 Å². The molecule has 1 amide bonds. The van der Waals surface area contributed by atoms with E-state index in [-0.39, 0.29) is 23.1 Å². The second kappa shape index (κ2) is 7.58. The number of aliphatic hydroxyl groups is 1. The molecule has 1 saturated heterocycles. The molecule has 2 fully saturated rings. The summed E-state index contributed by atoms with van der Waals surface area (Å²) in [6.45, 7) is 0. The Morgan fingerprint density at radius 3 is 2.29 bits per heavy atom. The lowest BCUT2D eigenvalue weighted by atomic mass is 9.93. The van der Waals surface area contributed by atoms with Crippen LogP contribution < -0.4 is 0 Å². The minimum Gasteiger partial charge on any atom is -0.508 e. The van der Waals surface area contributed by atoms with Crippen LogP contribution in [-0.2, 0) is 9.59 Å². The first-order valence-corrected chi connectivity index (χ1v) is 10.6. The zero-order chi connectivity index (χ0) is 21.5. The van der Waals surface area contributed by atoms with Crippen LogP contribution in [0.15, 0.2) is 72.3 Å². The van der Waals surface area contributed by atoms with Gasteiger partial charge < -0.3 is 15.1 Å². The number of carbonyl (C=O) groups is 2. The van der Waals surface area contributed by atoms with Gasteiger partial charge in [0.2, 0.25) is 0 Å². The Bertz CT molecular complexity index is 1200. The summed E-state index contributed by atoms with van der Waals surface area (Å²) in [6, 6.07) is 19.0. The quantitative estimate of drug-likeness (QED) is 0.363. The summed E-state index contributed by atoms with van der Waals surface area (Å²) in [5.74, 6) is -1.27. The fraction of sp³-hybridized carbons (Fsp3) is 0.231. The lowest BCUT2D eigenvalue weighted by Gasteiger charge is -2.30. The lowest BCUT2D eigenvalue weighted by molar-refractivity contribution is -0.141. The van der Waals surface area contributed by atoms with Crippen molar-refractivity contribution in [1.82, 2.24) is 4.90 Å². The maximum atomic E-state index is 13.2. The van der Waals surface area contributed by atoms with Crippen LogP contribution in [0.1, 0.15) is 42.9 Å². The summed E-state index contributed by atoms with van der Waals surface area (Å²) in [4.78, 5) is 28.0. The zero-order valence-corrected chi connectivity index (χ0v) is 17.0. The molecule has 1 aliphatic heterocycles. The summed E-state index contributed by atoms with van der Waals surface area (Å²) in [5.41, 5.74) is 1.34. The van der Waals surface area contributed by atoms with E-state index in [4.69, 9.17) is 0 Å². The molecular formula is C26H23NO4. The molecule has 5 heteroatoms. The SMILES string of the molecule is O=C1C(=O)N(C2CCCC2)C(c2ccc(O)cc2)/C1=C(/O)c1cccc2ccccc12. The standard InChI is InChI=1S/C26H23NO4/c28-19-14-12-17(13-15-19)23-22(25(30)26(31)27(23)18-8-2-3-9-18)24(29)21-11-5-7-16-6-1-4-10-20(16)21/h1,4-7,10-15,18,23,28-29H,2-3,8-9H2/b24-22-. The number of benzene rings is 3. The average Bonchev–Trinajstić information content (AvgIpc) is 3.40. The number of phenolic OH excluding ortho intramolecular Hbond substituents is 1. The molecule has 3 aromatic carbocycles. The molecule has 5 nitrogen and oxygen atoms in total. The molecule has 1 unspecified atom stereocenters. The summed E-state index contributed by atoms with van der Waals surface area (Å²) in [5, 5.41) is 22.9. The van der Waals surface area contributed by atoms with Crippen molar-refractivity contribution in [2.24, 2.45) is 0 Å². The Hall–Kier alpha value is -3.60. The first-order valence-electron chi connectivity index (χ1n) is 10.6. The van der Waals surface area contributed by atoms with E-state index in [9.17, 15) is 19.8 Å². The zero-order valence-electron chi connectivity index (χ0n) is 17.0. The Morgan fingerprint density at radius 1 is 0.871 bits per heavy atom. The fourth-order valence-corrected chi connectivity index (χ4v) is 4.97. The van der Waals surface area contributed by atoms with E-state index < -0.39 is 17.7 Å². The van der Waals surface area contributed by atoms with E-state index in [0.717, 1.165) is 36.5 Å². The molecule has 0 aromatic heterocycles. The number of hydrogen-bond donors (Lipinski definition) is 2. The predicted octanol–water partition coefficient (Wildman–Crippen LogP) is 4.91. The van der Waals surface area contributed by atoms with Crippen LogP contribution in [0, 0.1) is 0 Å². The highest BCUT2D eigenvalue weighted by Gasteiger charge is 2.49. The van der Waals surface area contributed by atoms with Crippen LogP contribution in [0.25, 0.3) is 16.5 Å². The van der Waals surface area contributed by atoms with E-state index >= 15 is 0 Å². The molecule has 1 atom stereocenters. The molecular weight excluding hydrogens is 390 g/mol. The average molecular weight is 413 g/mol. The number of hydrogen-bond acceptors (Lipinski definition) is 4. The van der Waals surface area contributed by atoms with Crippen LogP contribution in [0.5, 0.6) is 5.75 Å². The largest absolute Gasteiger partial charge is 0.508 e. The van der Waals surface area contributed by atoms with Crippen molar-refractivity contribution in [3.05, 3.63) is 83.4 Å². The Balaban J connectivity index is 1.73. The first-order chi connectivity index (χ1) is 15.1. The van der Waals surface area contributed by atoms with Gasteiger partial charge in [-0.25, -0.2) is 0 Å². The van der Waals surface area contributed by atoms with Gasteiger partial charge >= 0.3 is 0 Å². The second-order valence-corrected chi connectivity index (χ2v) is 8.26. The molecule has 156 valence electrons. The smallest absolute Gasteiger partial charge is 0.295 e. The van der Waals surface area contributed by atoms with Gasteiger partial charge in [-0.1, -0.05) is 67.4 Å². The number of Topliss-reactive ketones (excluding diaryl/α,β-unsaturated/α-hetero) is 1. The molecule has 1 saturated carbocycles. The highest BCUT2D eigenvalue weighted by atomic mass is 16.3. The fourth-order valence-electron chi connectivity index (χ4n) is 4.97. The van der Waals surface area contributed by atoms with E-state index in [1.54, 1.807) is 35.2 Å². The minimum absolute atomic E-state index is 0.0342. The number of amides is 1. The van der Waals surface area contributed by atoms with Crippen molar-refractivity contribution in [3.63, 3.8) is 0 Å². The molecule has 31 heavy (non-hydrogen) atoms. The van der Waals surface area contributed by atoms with Gasteiger partial charge in [-0.3, -0.25) is 9.59 Å². The number of ketones is 1. The number of fused-ring (bicyclic) bond motifs is 1. The van der Waals surface area contributed by atoms with Crippen molar-refractivity contribution < 1.29 is 19.8 Å². The topological polar surface area (TPSA) is 77.8 Å². The summed E-state index contributed by atoms with van der Waals surface area (Å²) >= 11 is 0. The van der Waals surface area contributed by atoms with Gasteiger partial charge in [0, 0.05) is 11.6 Å². The Morgan fingerprint density at radius 2 is 1.55 bits per heavy atom. The van der Waals surface area contributed by atoms with Gasteiger partial charge in [-0.2, -0.15) is 0 Å². The third kappa shape index (κ3) is 3.17. The van der Waals surface area contributed by atoms with Gasteiger partial charge in [-0.05, 0) is 41.3 Å². The number of nitrogens with zero attached hydrogens (tertiary/aromatic N) is 1. The van der Waals surface area contributed by atoms with E-state index in [0.29, 0.717) is 11.1 Å². The predicted molar refractivity (Wildman–Crippen MR) is 118 cm³/mol. The van der Waals surface area contributed by atoms with Gasteiger partial charge in [0.15, 0.2) is 0 Å². The minimum atomic E-state index is -0.678. The van der Waals surface area contributed by atoms with Crippen LogP contribution >= 0.6 is 0 Å². The number of phenols is 1. The van der Waals surface area contributed by atoms with Gasteiger partial charge in [-0.15, -0.1) is 0 Å². The molecule has 2 aliphatic rings. The Kier molecular flexibility index (Phi) is 4.74. The Labute approximate surface area is 180 Å². The number of aliphatic hydroxyl groups excluding tert-OH is 1. The van der Waals surface area contributed by atoms with Crippen LogP contribution in [0.2, 0.25) is 0 Å². The first kappa shape index (κ1) is 19.4. The van der Waals surface area contributed by atoms with Gasteiger partial charge in [0.05, 0.1) is 11.6 Å². The van der Waals surface area contributed by atoms with Crippen molar-refractivity contribution in [2.45, 2.75) is 37.8 Å². The third-order valence-electron chi connectivity index (χ3n) is 6.45. The highest BCUT2D eigenvalue weighted by molar-refractivity contribution is 6.46. The van der Waals surface area contributed by atoms with Gasteiger partial charge in [0.1, 0.15) is 11.5 Å². The highest BCUT2D eigenvalue weighted by Crippen LogP contribution is 2.44. The summed E-state index contributed by atoms with van der Waals surface area (Å²) in [7, 11) is 0. The number of carbonyl (C=O) groups excluding carboxylic acids is 2. The van der Waals surface area contributed by atoms with Crippen LogP contribution in [0.4, 0.5) is 0 Å². The lowest BCUT2D eigenvalue weighted by Crippen LogP contribution is -2.37. The van der Waals surface area contributed by atoms with Crippen molar-refractivity contribution >= 4 is 28.2 Å². The molecule has 0 bridgehead atoms. The molecule has 0 spiro atoms. The monoisotopic (exact) mass is 413 g/mol. The van der Waals surface area contributed by atoms with Crippen molar-refractivity contribution in [3.8, 4) is 5.75 Å². The molecule has 5 rings (SSSR count). The summed E-state index contributed by atoms with van der Waals surface area (Å²) in [6.07, 6.45) is 3.71. The van der Waals surface area contributed by atoms with Gasteiger partial charge in [0.25, 0.3) is 11.7 Å². The van der Waals surface area contributed by atoms with Crippen LogP contribution in [0.3, 0.4) is 0 Å². The molecule has 2 N–H and O–H groups in total. The maximum absolute atomic E-state index is 13.2. The van der Waals surface area contributed by atoms with Crippen LogP contribution in [-0.4, -0.2) is 32.8 Å². The van der Waals surface area contributed by atoms with E-state index in [2.05, 4.69) is 0 Å². The van der Waals surface area contributed by atoms with Crippen molar-refractivity contribution in [1.29, 1.82) is 0 Å². The molecule has 0 radical (unpaired) electrons. The second-order valence-electron chi connectivity index (χ2n) is 8.26. The summed E-state index contributed by atoms with van der Waals surface area (Å²) < 4.78 is 0. The molecule has 1 heterocycles. The number of aromatic hydroxyl groups is 1. The number of likely N-dealkylation sites (tertiary alicyclic amines) is 1. The van der Waals surface area contributed by atoms with E-state index in [1.165, 1.54) is 0 Å². The normalized spacial score (nSPS) is 21.3. The molecule has 1 aliphatic carbocycles. The van der Waals surface area contributed by atoms with E-state index in [1.807, 2.05) is 36.4 Å². The molecule has 3 aromatic rings. The third-order valence-corrected chi connectivity index (χ3v) is 6.45. The maximum Gasteiger partial charge on any atom is 0.295 e.